The first-order valence-corrected chi connectivity index (χ1v) is 7.47. The number of benzene rings is 1. The van der Waals surface area contributed by atoms with E-state index in [-0.39, 0.29) is 18.6 Å². The van der Waals surface area contributed by atoms with Crippen molar-refractivity contribution in [3.05, 3.63) is 64.4 Å². The highest BCUT2D eigenvalue weighted by atomic mass is 79.9. The van der Waals surface area contributed by atoms with Crippen LogP contribution in [-0.2, 0) is 9.53 Å². The lowest BCUT2D eigenvalue weighted by Crippen LogP contribution is -2.31. The van der Waals surface area contributed by atoms with Gasteiger partial charge in [0.1, 0.15) is 0 Å². The van der Waals surface area contributed by atoms with Crippen LogP contribution in [0.25, 0.3) is 0 Å². The van der Waals surface area contributed by atoms with Crippen molar-refractivity contribution in [2.75, 3.05) is 6.61 Å². The molecule has 0 aliphatic heterocycles. The third-order valence-corrected chi connectivity index (χ3v) is 3.51. The Morgan fingerprint density at radius 3 is 2.64 bits per heavy atom. The first-order valence-electron chi connectivity index (χ1n) is 6.68. The lowest BCUT2D eigenvalue weighted by atomic mass is 10.1. The molecule has 1 aromatic carbocycles. The highest BCUT2D eigenvalue weighted by molar-refractivity contribution is 9.10. The molecule has 0 aliphatic carbocycles. The van der Waals surface area contributed by atoms with E-state index < -0.39 is 5.97 Å². The third-order valence-electron chi connectivity index (χ3n) is 2.98. The fourth-order valence-electron chi connectivity index (χ4n) is 1.82. The lowest BCUT2D eigenvalue weighted by Gasteiger charge is -2.14. The van der Waals surface area contributed by atoms with Gasteiger partial charge in [-0.2, -0.15) is 0 Å². The minimum atomic E-state index is -0.570. The van der Waals surface area contributed by atoms with Gasteiger partial charge in [0.25, 0.3) is 5.91 Å². The van der Waals surface area contributed by atoms with Crippen molar-refractivity contribution in [2.24, 2.45) is 0 Å². The SMILES string of the molecule is C[C@@H](NC(=O)COC(=O)c1cccnc1)c1ccc(Br)cc1. The largest absolute Gasteiger partial charge is 0.452 e. The zero-order valence-corrected chi connectivity index (χ0v) is 13.5. The highest BCUT2D eigenvalue weighted by Crippen LogP contribution is 2.16. The van der Waals surface area contributed by atoms with E-state index in [1.54, 1.807) is 18.3 Å². The summed E-state index contributed by atoms with van der Waals surface area (Å²) in [4.78, 5) is 27.3. The van der Waals surface area contributed by atoms with Gasteiger partial charge in [-0.15, -0.1) is 0 Å². The van der Waals surface area contributed by atoms with Crippen LogP contribution < -0.4 is 5.32 Å². The second kappa shape index (κ2) is 7.70. The number of esters is 1. The number of pyridine rings is 1. The zero-order valence-electron chi connectivity index (χ0n) is 12.0. The molecule has 0 saturated heterocycles. The van der Waals surface area contributed by atoms with Crippen molar-refractivity contribution in [3.8, 4) is 0 Å². The molecular formula is C16H15BrN2O3. The lowest BCUT2D eigenvalue weighted by molar-refractivity contribution is -0.124. The van der Waals surface area contributed by atoms with Gasteiger partial charge < -0.3 is 10.1 Å². The van der Waals surface area contributed by atoms with Gasteiger partial charge in [0.05, 0.1) is 11.6 Å². The fourth-order valence-corrected chi connectivity index (χ4v) is 2.08. The Morgan fingerprint density at radius 1 is 1.27 bits per heavy atom. The first-order chi connectivity index (χ1) is 10.6. The number of nitrogens with one attached hydrogen (secondary N) is 1. The molecular weight excluding hydrogens is 348 g/mol. The Bertz CT molecular complexity index is 644. The van der Waals surface area contributed by atoms with Crippen LogP contribution >= 0.6 is 15.9 Å². The van der Waals surface area contributed by atoms with E-state index in [2.05, 4.69) is 26.2 Å². The molecule has 0 aliphatic rings. The molecule has 0 bridgehead atoms. The topological polar surface area (TPSA) is 68.3 Å². The number of halogens is 1. The number of rotatable bonds is 5. The van der Waals surface area contributed by atoms with Gasteiger partial charge in [-0.25, -0.2) is 4.79 Å². The van der Waals surface area contributed by atoms with Crippen LogP contribution in [0.5, 0.6) is 0 Å². The fraction of sp³-hybridized carbons (Fsp3) is 0.188. The van der Waals surface area contributed by atoms with Crippen LogP contribution in [-0.4, -0.2) is 23.5 Å². The number of amides is 1. The summed E-state index contributed by atoms with van der Waals surface area (Å²) in [5, 5.41) is 2.78. The molecule has 5 nitrogen and oxygen atoms in total. The Kier molecular flexibility index (Phi) is 5.66. The van der Waals surface area contributed by atoms with E-state index in [1.165, 1.54) is 6.20 Å². The number of hydrogen-bond acceptors (Lipinski definition) is 4. The summed E-state index contributed by atoms with van der Waals surface area (Å²) in [5.41, 5.74) is 1.28. The Balaban J connectivity index is 1.83. The molecule has 114 valence electrons. The summed E-state index contributed by atoms with van der Waals surface area (Å²) in [6, 6.07) is 10.7. The number of nitrogens with zero attached hydrogens (tertiary/aromatic N) is 1. The van der Waals surface area contributed by atoms with Crippen molar-refractivity contribution in [2.45, 2.75) is 13.0 Å². The van der Waals surface area contributed by atoms with Crippen LogP contribution in [0.1, 0.15) is 28.9 Å². The number of carbonyl (C=O) groups is 2. The van der Waals surface area contributed by atoms with Crippen molar-refractivity contribution in [3.63, 3.8) is 0 Å². The number of hydrogen-bond donors (Lipinski definition) is 1. The van der Waals surface area contributed by atoms with Gasteiger partial charge in [0, 0.05) is 16.9 Å². The molecule has 6 heteroatoms. The molecule has 1 amide bonds. The van der Waals surface area contributed by atoms with Crippen LogP contribution in [0.4, 0.5) is 0 Å². The average Bonchev–Trinajstić information content (AvgIpc) is 2.54. The van der Waals surface area contributed by atoms with Crippen molar-refractivity contribution < 1.29 is 14.3 Å². The number of ether oxygens (including phenoxy) is 1. The van der Waals surface area contributed by atoms with E-state index >= 15 is 0 Å². The van der Waals surface area contributed by atoms with Gasteiger partial charge in [0.15, 0.2) is 6.61 Å². The first kappa shape index (κ1) is 16.2. The van der Waals surface area contributed by atoms with E-state index in [9.17, 15) is 9.59 Å². The highest BCUT2D eigenvalue weighted by Gasteiger charge is 2.13. The third kappa shape index (κ3) is 4.66. The van der Waals surface area contributed by atoms with Gasteiger partial charge in [0.2, 0.25) is 0 Å². The molecule has 0 fully saturated rings. The van der Waals surface area contributed by atoms with Crippen LogP contribution in [0, 0.1) is 0 Å². The molecule has 2 aromatic rings. The van der Waals surface area contributed by atoms with Crippen molar-refractivity contribution in [1.29, 1.82) is 0 Å². The van der Waals surface area contributed by atoms with Crippen LogP contribution in [0.15, 0.2) is 53.3 Å². The predicted molar refractivity (Wildman–Crippen MR) is 85.2 cm³/mol. The van der Waals surface area contributed by atoms with Gasteiger partial charge >= 0.3 is 5.97 Å². The van der Waals surface area contributed by atoms with Gasteiger partial charge in [-0.05, 0) is 36.8 Å². The summed E-state index contributed by atoms with van der Waals surface area (Å²) >= 11 is 3.36. The molecule has 1 aromatic heterocycles. The van der Waals surface area contributed by atoms with Gasteiger partial charge in [-0.3, -0.25) is 9.78 Å². The second-order valence-electron chi connectivity index (χ2n) is 4.66. The molecule has 0 radical (unpaired) electrons. The maximum absolute atomic E-state index is 11.8. The summed E-state index contributed by atoms with van der Waals surface area (Å²) in [6.45, 7) is 1.54. The van der Waals surface area contributed by atoms with E-state index in [1.807, 2.05) is 31.2 Å². The standard InChI is InChI=1S/C16H15BrN2O3/c1-11(12-4-6-14(17)7-5-12)19-15(20)10-22-16(21)13-3-2-8-18-9-13/h2-9,11H,10H2,1H3,(H,19,20)/t11-/m1/s1. The quantitative estimate of drug-likeness (QED) is 0.830. The summed E-state index contributed by atoms with van der Waals surface area (Å²) < 4.78 is 5.92. The van der Waals surface area contributed by atoms with E-state index in [0.717, 1.165) is 10.0 Å². The maximum Gasteiger partial charge on any atom is 0.340 e. The van der Waals surface area contributed by atoms with Crippen molar-refractivity contribution >= 4 is 27.8 Å². The number of aromatic nitrogens is 1. The smallest absolute Gasteiger partial charge is 0.340 e. The van der Waals surface area contributed by atoms with E-state index in [4.69, 9.17) is 4.74 Å². The summed E-state index contributed by atoms with van der Waals surface area (Å²) in [6.07, 6.45) is 2.95. The molecule has 22 heavy (non-hydrogen) atoms. The zero-order chi connectivity index (χ0) is 15.9. The van der Waals surface area contributed by atoms with Crippen molar-refractivity contribution in [1.82, 2.24) is 10.3 Å². The maximum atomic E-state index is 11.8. The Labute approximate surface area is 136 Å². The number of carbonyl (C=O) groups excluding carboxylic acids is 2. The summed E-state index contributed by atoms with van der Waals surface area (Å²) in [5.74, 6) is -0.924. The molecule has 0 spiro atoms. The minimum Gasteiger partial charge on any atom is -0.452 e. The molecule has 1 heterocycles. The second-order valence-corrected chi connectivity index (χ2v) is 5.57. The van der Waals surface area contributed by atoms with Crippen LogP contribution in [0.3, 0.4) is 0 Å². The molecule has 1 atom stereocenters. The Hall–Kier alpha value is -2.21. The van der Waals surface area contributed by atoms with E-state index in [0.29, 0.717) is 5.56 Å². The molecule has 0 saturated carbocycles. The average molecular weight is 363 g/mol. The molecule has 0 unspecified atom stereocenters. The molecule has 1 N–H and O–H groups in total. The Morgan fingerprint density at radius 2 is 2.00 bits per heavy atom. The summed E-state index contributed by atoms with van der Waals surface area (Å²) in [7, 11) is 0. The van der Waals surface area contributed by atoms with Crippen LogP contribution in [0.2, 0.25) is 0 Å². The normalized spacial score (nSPS) is 11.5. The minimum absolute atomic E-state index is 0.169. The monoisotopic (exact) mass is 362 g/mol. The predicted octanol–water partition coefficient (Wildman–Crippen LogP) is 2.88. The van der Waals surface area contributed by atoms with Gasteiger partial charge in [-0.1, -0.05) is 28.1 Å². The molecule has 2 rings (SSSR count).